The van der Waals surface area contributed by atoms with E-state index in [0.717, 1.165) is 12.1 Å². The maximum absolute atomic E-state index is 12.8. The zero-order valence-corrected chi connectivity index (χ0v) is 15.3. The lowest BCUT2D eigenvalue weighted by Crippen LogP contribution is -2.35. The number of nitrogens with zero attached hydrogens (tertiary/aromatic N) is 3. The van der Waals surface area contributed by atoms with Crippen LogP contribution in [0.2, 0.25) is 0 Å². The van der Waals surface area contributed by atoms with Gasteiger partial charge in [-0.3, -0.25) is 9.00 Å². The van der Waals surface area contributed by atoms with Gasteiger partial charge >= 0.3 is 6.18 Å². The minimum atomic E-state index is -4.41. The number of rotatable bonds is 3. The van der Waals surface area contributed by atoms with Gasteiger partial charge in [-0.25, -0.2) is 9.50 Å². The fourth-order valence-corrected chi connectivity index (χ4v) is 4.55. The van der Waals surface area contributed by atoms with Gasteiger partial charge in [-0.15, -0.1) is 0 Å². The Bertz CT molecular complexity index is 1060. The lowest BCUT2D eigenvalue weighted by atomic mass is 10.1. The Morgan fingerprint density at radius 1 is 1.21 bits per heavy atom. The van der Waals surface area contributed by atoms with Crippen LogP contribution in [0.25, 0.3) is 16.9 Å². The van der Waals surface area contributed by atoms with Crippen LogP contribution < -0.4 is 5.32 Å². The molecule has 2 atom stereocenters. The van der Waals surface area contributed by atoms with Crippen molar-refractivity contribution in [3.8, 4) is 11.3 Å². The zero-order valence-electron chi connectivity index (χ0n) is 14.4. The second-order valence-electron chi connectivity index (χ2n) is 6.47. The third-order valence-electron chi connectivity index (χ3n) is 4.57. The molecule has 6 nitrogen and oxygen atoms in total. The van der Waals surface area contributed by atoms with Crippen LogP contribution in [0.3, 0.4) is 0 Å². The molecule has 0 aliphatic carbocycles. The molecule has 146 valence electrons. The van der Waals surface area contributed by atoms with Crippen LogP contribution in [0.5, 0.6) is 0 Å². The monoisotopic (exact) mass is 408 g/mol. The number of carbonyl (C=O) groups excluding carboxylic acids is 1. The van der Waals surface area contributed by atoms with Crippen LogP contribution in [0.15, 0.2) is 42.7 Å². The summed E-state index contributed by atoms with van der Waals surface area (Å²) in [6.45, 7) is 0. The fourth-order valence-electron chi connectivity index (χ4n) is 3.14. The summed E-state index contributed by atoms with van der Waals surface area (Å²) in [5.41, 5.74) is 0.845. The average Bonchev–Trinajstić information content (AvgIpc) is 3.27. The summed E-state index contributed by atoms with van der Waals surface area (Å²) in [6.07, 6.45) is -0.905. The van der Waals surface area contributed by atoms with Crippen LogP contribution in [0.1, 0.15) is 22.3 Å². The quantitative estimate of drug-likeness (QED) is 0.723. The topological polar surface area (TPSA) is 76.4 Å². The fraction of sp³-hybridized carbons (Fsp3) is 0.278. The summed E-state index contributed by atoms with van der Waals surface area (Å²) in [5.74, 6) is 0.626. The Balaban J connectivity index is 1.65. The molecule has 0 bridgehead atoms. The number of nitrogens with one attached hydrogen (secondary N) is 1. The van der Waals surface area contributed by atoms with Crippen molar-refractivity contribution >= 4 is 22.4 Å². The van der Waals surface area contributed by atoms with Gasteiger partial charge in [-0.05, 0) is 24.6 Å². The van der Waals surface area contributed by atoms with Gasteiger partial charge in [0, 0.05) is 40.1 Å². The Kier molecular flexibility index (Phi) is 4.66. The van der Waals surface area contributed by atoms with Gasteiger partial charge in [0.05, 0.1) is 17.5 Å². The summed E-state index contributed by atoms with van der Waals surface area (Å²) < 4.78 is 51.2. The number of benzene rings is 1. The molecule has 1 aliphatic heterocycles. The molecule has 3 aromatic rings. The summed E-state index contributed by atoms with van der Waals surface area (Å²) in [5, 5.41) is 7.02. The van der Waals surface area contributed by atoms with E-state index in [0.29, 0.717) is 34.8 Å². The molecule has 0 radical (unpaired) electrons. The first kappa shape index (κ1) is 18.6. The zero-order chi connectivity index (χ0) is 19.9. The first-order valence-corrected chi connectivity index (χ1v) is 9.98. The summed E-state index contributed by atoms with van der Waals surface area (Å²) >= 11 is 0. The molecule has 1 saturated heterocycles. The first-order chi connectivity index (χ1) is 13.3. The Hall–Kier alpha value is -2.75. The van der Waals surface area contributed by atoms with Crippen molar-refractivity contribution in [1.29, 1.82) is 0 Å². The molecule has 1 N–H and O–H groups in total. The lowest BCUT2D eigenvalue weighted by Gasteiger charge is -2.10. The molecule has 2 aromatic heterocycles. The molecule has 0 saturated carbocycles. The molecule has 1 aromatic carbocycles. The Labute approximate surface area is 160 Å². The van der Waals surface area contributed by atoms with Crippen molar-refractivity contribution in [3.05, 3.63) is 53.9 Å². The minimum absolute atomic E-state index is 0.152. The van der Waals surface area contributed by atoms with E-state index in [1.165, 1.54) is 29.0 Å². The van der Waals surface area contributed by atoms with Crippen molar-refractivity contribution in [2.24, 2.45) is 0 Å². The molecule has 1 fully saturated rings. The Morgan fingerprint density at radius 2 is 1.96 bits per heavy atom. The highest BCUT2D eigenvalue weighted by atomic mass is 32.2. The van der Waals surface area contributed by atoms with E-state index in [2.05, 4.69) is 15.4 Å². The van der Waals surface area contributed by atoms with Crippen molar-refractivity contribution in [1.82, 2.24) is 19.9 Å². The van der Waals surface area contributed by atoms with E-state index < -0.39 is 22.5 Å². The average molecular weight is 408 g/mol. The van der Waals surface area contributed by atoms with Gasteiger partial charge in [0.1, 0.15) is 5.56 Å². The number of fused-ring (bicyclic) bond motifs is 1. The predicted octanol–water partition coefficient (Wildman–Crippen LogP) is 2.67. The van der Waals surface area contributed by atoms with Crippen molar-refractivity contribution in [2.75, 3.05) is 11.5 Å². The predicted molar refractivity (Wildman–Crippen MR) is 97.2 cm³/mol. The number of carbonyl (C=O) groups is 1. The molecule has 1 aliphatic rings. The van der Waals surface area contributed by atoms with Gasteiger partial charge in [-0.2, -0.15) is 18.3 Å². The van der Waals surface area contributed by atoms with Crippen molar-refractivity contribution < 1.29 is 22.2 Å². The summed E-state index contributed by atoms with van der Waals surface area (Å²) in [7, 11) is -0.912. The van der Waals surface area contributed by atoms with Crippen molar-refractivity contribution in [2.45, 2.75) is 18.6 Å². The largest absolute Gasteiger partial charge is 0.416 e. The molecule has 28 heavy (non-hydrogen) atoms. The Morgan fingerprint density at radius 3 is 2.61 bits per heavy atom. The van der Waals surface area contributed by atoms with E-state index in [9.17, 15) is 22.2 Å². The number of alkyl halides is 3. The highest BCUT2D eigenvalue weighted by molar-refractivity contribution is 7.85. The van der Waals surface area contributed by atoms with E-state index >= 15 is 0 Å². The number of hydrogen-bond donors (Lipinski definition) is 1. The summed E-state index contributed by atoms with van der Waals surface area (Å²) in [4.78, 5) is 16.8. The van der Waals surface area contributed by atoms with Gasteiger partial charge in [0.2, 0.25) is 0 Å². The summed E-state index contributed by atoms with van der Waals surface area (Å²) in [6, 6.07) is 6.17. The van der Waals surface area contributed by atoms with E-state index in [1.807, 2.05) is 0 Å². The molecule has 4 rings (SSSR count). The minimum Gasteiger partial charge on any atom is -0.348 e. The molecule has 3 heterocycles. The molecule has 10 heteroatoms. The van der Waals surface area contributed by atoms with Gasteiger partial charge in [0.15, 0.2) is 5.65 Å². The lowest BCUT2D eigenvalue weighted by molar-refractivity contribution is -0.137. The second kappa shape index (κ2) is 7.01. The number of amides is 1. The molecular formula is C18H15F3N4O2S. The third kappa shape index (κ3) is 3.51. The maximum atomic E-state index is 12.8. The SMILES string of the molecule is O=C(NC1CCS(=O)C1)c1cnn2c(-c3ccc(C(F)(F)F)cc3)ccnc12. The number of aromatic nitrogens is 3. The van der Waals surface area contributed by atoms with Gasteiger partial charge in [-0.1, -0.05) is 12.1 Å². The smallest absolute Gasteiger partial charge is 0.348 e. The van der Waals surface area contributed by atoms with Gasteiger partial charge in [0.25, 0.3) is 5.91 Å². The van der Waals surface area contributed by atoms with Crippen LogP contribution in [0.4, 0.5) is 13.2 Å². The highest BCUT2D eigenvalue weighted by Crippen LogP contribution is 2.31. The normalized spacial score (nSPS) is 19.8. The molecular weight excluding hydrogens is 393 g/mol. The van der Waals surface area contributed by atoms with Crippen LogP contribution in [0, 0.1) is 0 Å². The van der Waals surface area contributed by atoms with Gasteiger partial charge < -0.3 is 5.32 Å². The molecule has 0 spiro atoms. The maximum Gasteiger partial charge on any atom is 0.416 e. The van der Waals surface area contributed by atoms with E-state index in [4.69, 9.17) is 0 Å². The van der Waals surface area contributed by atoms with Crippen LogP contribution in [-0.4, -0.2) is 42.3 Å². The van der Waals surface area contributed by atoms with Crippen molar-refractivity contribution in [3.63, 3.8) is 0 Å². The third-order valence-corrected chi connectivity index (χ3v) is 6.04. The molecule has 1 amide bonds. The number of hydrogen-bond acceptors (Lipinski definition) is 4. The van der Waals surface area contributed by atoms with Crippen LogP contribution >= 0.6 is 0 Å². The second-order valence-corrected chi connectivity index (χ2v) is 8.09. The first-order valence-electron chi connectivity index (χ1n) is 8.49. The standard InChI is InChI=1S/C18H15F3N4O2S/c19-18(20,21)12-3-1-11(2-4-12)15-5-7-22-16-14(9-23-25(15)16)17(26)24-13-6-8-28(27)10-13/h1-5,7,9,13H,6,8,10H2,(H,24,26). The van der Waals surface area contributed by atoms with E-state index in [1.54, 1.807) is 6.07 Å². The highest BCUT2D eigenvalue weighted by Gasteiger charge is 2.30. The number of halogens is 3. The molecule has 2 unspecified atom stereocenters. The van der Waals surface area contributed by atoms with E-state index in [-0.39, 0.29) is 17.5 Å². The van der Waals surface area contributed by atoms with Crippen LogP contribution in [-0.2, 0) is 17.0 Å².